The molecule has 0 radical (unpaired) electrons. The van der Waals surface area contributed by atoms with Crippen molar-refractivity contribution in [2.24, 2.45) is 0 Å². The number of rotatable bonds is 5. The van der Waals surface area contributed by atoms with Crippen LogP contribution < -0.4 is 11.1 Å². The largest absolute Gasteiger partial charge is 0.398 e. The predicted octanol–water partition coefficient (Wildman–Crippen LogP) is 2.89. The third-order valence-electron chi connectivity index (χ3n) is 3.72. The molecule has 5 heteroatoms. The van der Waals surface area contributed by atoms with E-state index in [1.165, 1.54) is 5.56 Å². The molecular weight excluding hydrogens is 262 g/mol. The Morgan fingerprint density at radius 2 is 2.10 bits per heavy atom. The van der Waals surface area contributed by atoms with Gasteiger partial charge in [0.1, 0.15) is 0 Å². The van der Waals surface area contributed by atoms with Gasteiger partial charge in [-0.3, -0.25) is 10.1 Å². The molecule has 5 nitrogen and oxygen atoms in total. The average Bonchev–Trinajstić information content (AvgIpc) is 2.91. The lowest BCUT2D eigenvalue weighted by Gasteiger charge is -2.11. The summed E-state index contributed by atoms with van der Waals surface area (Å²) in [6.45, 7) is 2.95. The number of hydrogen-bond donors (Lipinski definition) is 3. The number of hydrogen-bond acceptors (Lipinski definition) is 4. The van der Waals surface area contributed by atoms with Crippen molar-refractivity contribution >= 4 is 22.1 Å². The molecule has 21 heavy (non-hydrogen) atoms. The molecule has 0 aliphatic carbocycles. The summed E-state index contributed by atoms with van der Waals surface area (Å²) in [5.41, 5.74) is 10.3. The molecule has 0 aliphatic rings. The van der Waals surface area contributed by atoms with Crippen LogP contribution in [-0.4, -0.2) is 21.7 Å². The molecule has 2 heterocycles. The first-order chi connectivity index (χ1) is 10.3. The zero-order chi connectivity index (χ0) is 14.7. The molecule has 1 aromatic carbocycles. The van der Waals surface area contributed by atoms with Gasteiger partial charge in [-0.1, -0.05) is 0 Å². The lowest BCUT2D eigenvalue weighted by molar-refractivity contribution is 0.858. The van der Waals surface area contributed by atoms with Crippen molar-refractivity contribution < 1.29 is 0 Å². The SMILES string of the molecule is Cc1[nH]ncc1CCCNc1ccc(N)c2ccncc12. The second-order valence-electron chi connectivity index (χ2n) is 5.17. The Morgan fingerprint density at radius 3 is 2.90 bits per heavy atom. The minimum atomic E-state index is 0.784. The highest BCUT2D eigenvalue weighted by molar-refractivity contribution is 6.00. The molecule has 0 amide bonds. The molecular formula is C16H19N5. The van der Waals surface area contributed by atoms with Gasteiger partial charge in [0.2, 0.25) is 0 Å². The van der Waals surface area contributed by atoms with Crippen LogP contribution in [0.1, 0.15) is 17.7 Å². The average molecular weight is 281 g/mol. The number of aryl methyl sites for hydroxylation is 2. The molecule has 3 aromatic rings. The molecule has 2 aromatic heterocycles. The topological polar surface area (TPSA) is 79.6 Å². The maximum atomic E-state index is 5.99. The quantitative estimate of drug-likeness (QED) is 0.496. The van der Waals surface area contributed by atoms with Crippen molar-refractivity contribution in [2.45, 2.75) is 19.8 Å². The summed E-state index contributed by atoms with van der Waals surface area (Å²) in [7, 11) is 0. The number of H-pyrrole nitrogens is 1. The fraction of sp³-hybridized carbons (Fsp3) is 0.250. The van der Waals surface area contributed by atoms with Gasteiger partial charge >= 0.3 is 0 Å². The highest BCUT2D eigenvalue weighted by Crippen LogP contribution is 2.27. The van der Waals surface area contributed by atoms with Crippen LogP contribution in [0.25, 0.3) is 10.8 Å². The van der Waals surface area contributed by atoms with E-state index in [-0.39, 0.29) is 0 Å². The van der Waals surface area contributed by atoms with Gasteiger partial charge in [-0.15, -0.1) is 0 Å². The number of nitrogens with two attached hydrogens (primary N) is 1. The predicted molar refractivity (Wildman–Crippen MR) is 86.3 cm³/mol. The number of benzene rings is 1. The molecule has 0 aliphatic heterocycles. The summed E-state index contributed by atoms with van der Waals surface area (Å²) in [6.07, 6.45) is 7.59. The molecule has 108 valence electrons. The molecule has 0 unspecified atom stereocenters. The second-order valence-corrected chi connectivity index (χ2v) is 5.17. The van der Waals surface area contributed by atoms with Gasteiger partial charge in [0.25, 0.3) is 0 Å². The Labute approximate surface area is 123 Å². The van der Waals surface area contributed by atoms with Gasteiger partial charge in [-0.2, -0.15) is 5.10 Å². The van der Waals surface area contributed by atoms with E-state index in [0.29, 0.717) is 0 Å². The molecule has 0 bridgehead atoms. The maximum Gasteiger partial charge on any atom is 0.0522 e. The summed E-state index contributed by atoms with van der Waals surface area (Å²) < 4.78 is 0. The molecule has 0 spiro atoms. The minimum absolute atomic E-state index is 0.784. The number of nitrogen functional groups attached to an aromatic ring is 1. The first-order valence-electron chi connectivity index (χ1n) is 7.10. The van der Waals surface area contributed by atoms with Crippen molar-refractivity contribution in [3.8, 4) is 0 Å². The zero-order valence-corrected chi connectivity index (χ0v) is 12.1. The van der Waals surface area contributed by atoms with Crippen molar-refractivity contribution in [3.63, 3.8) is 0 Å². The fourth-order valence-corrected chi connectivity index (χ4v) is 2.50. The standard InChI is InChI=1S/C16H19N5/c1-11-12(9-20-21-11)3-2-7-19-16-5-4-15(17)13-6-8-18-10-14(13)16/h4-6,8-10,19H,2-3,7,17H2,1H3,(H,20,21). The van der Waals surface area contributed by atoms with Crippen molar-refractivity contribution in [3.05, 3.63) is 48.0 Å². The molecule has 3 rings (SSSR count). The maximum absolute atomic E-state index is 5.99. The first-order valence-corrected chi connectivity index (χ1v) is 7.10. The highest BCUT2D eigenvalue weighted by Gasteiger charge is 2.04. The number of nitrogens with one attached hydrogen (secondary N) is 2. The number of anilines is 2. The zero-order valence-electron chi connectivity index (χ0n) is 12.1. The van der Waals surface area contributed by atoms with E-state index < -0.39 is 0 Å². The van der Waals surface area contributed by atoms with Crippen molar-refractivity contribution in [2.75, 3.05) is 17.6 Å². The van der Waals surface area contributed by atoms with Crippen LogP contribution in [0.4, 0.5) is 11.4 Å². The lowest BCUT2D eigenvalue weighted by atomic mass is 10.1. The van der Waals surface area contributed by atoms with Gasteiger partial charge in [-0.25, -0.2) is 0 Å². The summed E-state index contributed by atoms with van der Waals surface area (Å²) in [5.74, 6) is 0. The van der Waals surface area contributed by atoms with E-state index in [0.717, 1.165) is 47.2 Å². The Bertz CT molecular complexity index is 747. The Balaban J connectivity index is 1.66. The smallest absolute Gasteiger partial charge is 0.0522 e. The van der Waals surface area contributed by atoms with Crippen LogP contribution >= 0.6 is 0 Å². The van der Waals surface area contributed by atoms with Gasteiger partial charge < -0.3 is 11.1 Å². The van der Waals surface area contributed by atoms with E-state index in [4.69, 9.17) is 5.73 Å². The highest BCUT2D eigenvalue weighted by atomic mass is 15.1. The van der Waals surface area contributed by atoms with Crippen molar-refractivity contribution in [1.29, 1.82) is 0 Å². The van der Waals surface area contributed by atoms with Gasteiger partial charge in [-0.05, 0) is 43.5 Å². The van der Waals surface area contributed by atoms with E-state index >= 15 is 0 Å². The molecule has 4 N–H and O–H groups in total. The fourth-order valence-electron chi connectivity index (χ4n) is 2.50. The Kier molecular flexibility index (Phi) is 3.73. The number of fused-ring (bicyclic) bond motifs is 1. The first kappa shape index (κ1) is 13.4. The molecule has 0 fully saturated rings. The number of aromatic nitrogens is 3. The Morgan fingerprint density at radius 1 is 1.19 bits per heavy atom. The van der Waals surface area contributed by atoms with Crippen LogP contribution in [0.15, 0.2) is 36.8 Å². The monoisotopic (exact) mass is 281 g/mol. The van der Waals surface area contributed by atoms with Gasteiger partial charge in [0.05, 0.1) is 6.20 Å². The number of pyridine rings is 1. The summed E-state index contributed by atoms with van der Waals surface area (Å²) in [5, 5.41) is 12.6. The molecule has 0 atom stereocenters. The van der Waals surface area contributed by atoms with E-state index in [1.54, 1.807) is 6.20 Å². The van der Waals surface area contributed by atoms with Crippen LogP contribution in [0.2, 0.25) is 0 Å². The van der Waals surface area contributed by atoms with Gasteiger partial charge in [0, 0.05) is 46.8 Å². The third-order valence-corrected chi connectivity index (χ3v) is 3.72. The van der Waals surface area contributed by atoms with Crippen LogP contribution in [-0.2, 0) is 6.42 Å². The van der Waals surface area contributed by atoms with Crippen molar-refractivity contribution in [1.82, 2.24) is 15.2 Å². The molecule has 0 saturated carbocycles. The number of nitrogens with zero attached hydrogens (tertiary/aromatic N) is 2. The third kappa shape index (κ3) is 2.81. The lowest BCUT2D eigenvalue weighted by Crippen LogP contribution is -2.04. The van der Waals surface area contributed by atoms with Crippen LogP contribution in [0.5, 0.6) is 0 Å². The summed E-state index contributed by atoms with van der Waals surface area (Å²) >= 11 is 0. The van der Waals surface area contributed by atoms with Crippen LogP contribution in [0, 0.1) is 6.92 Å². The Hall–Kier alpha value is -2.56. The summed E-state index contributed by atoms with van der Waals surface area (Å²) in [6, 6.07) is 5.90. The van der Waals surface area contributed by atoms with Crippen LogP contribution in [0.3, 0.4) is 0 Å². The van der Waals surface area contributed by atoms with Gasteiger partial charge in [0.15, 0.2) is 0 Å². The molecule has 0 saturated heterocycles. The minimum Gasteiger partial charge on any atom is -0.398 e. The van der Waals surface area contributed by atoms with E-state index in [1.807, 2.05) is 30.6 Å². The number of aromatic amines is 1. The van der Waals surface area contributed by atoms with E-state index in [9.17, 15) is 0 Å². The summed E-state index contributed by atoms with van der Waals surface area (Å²) in [4.78, 5) is 4.19. The van der Waals surface area contributed by atoms with E-state index in [2.05, 4.69) is 27.4 Å². The normalized spacial score (nSPS) is 10.9. The second kappa shape index (κ2) is 5.83.